The molecule has 3 aromatic carbocycles. The van der Waals surface area contributed by atoms with Crippen LogP contribution in [0.5, 0.6) is 0 Å². The summed E-state index contributed by atoms with van der Waals surface area (Å²) in [5, 5.41) is 5.03. The maximum absolute atomic E-state index is 4.75. The summed E-state index contributed by atoms with van der Waals surface area (Å²) in [6, 6.07) is 19.7. The molecule has 0 atom stereocenters. The summed E-state index contributed by atoms with van der Waals surface area (Å²) in [4.78, 5) is 4.75. The summed E-state index contributed by atoms with van der Waals surface area (Å²) >= 11 is 0. The molecule has 0 N–H and O–H groups in total. The Bertz CT molecular complexity index is 1210. The minimum Gasteiger partial charge on any atom is -0.256 e. The van der Waals surface area contributed by atoms with Crippen molar-refractivity contribution in [2.24, 2.45) is 0 Å². The summed E-state index contributed by atoms with van der Waals surface area (Å²) in [5.41, 5.74) is 7.13. The van der Waals surface area contributed by atoms with E-state index in [0.29, 0.717) is 0 Å². The van der Waals surface area contributed by atoms with Gasteiger partial charge in [0.25, 0.3) is 0 Å². The van der Waals surface area contributed by atoms with Gasteiger partial charge in [-0.15, -0.1) is 0 Å². The molecule has 0 aliphatic carbocycles. The molecular weight excluding hydrogens is 326 g/mol. The fourth-order valence-electron chi connectivity index (χ4n) is 3.83. The molecule has 4 aromatic rings. The van der Waals surface area contributed by atoms with Crippen LogP contribution in [-0.4, -0.2) is 4.98 Å². The predicted molar refractivity (Wildman–Crippen MR) is 118 cm³/mol. The molecule has 0 saturated heterocycles. The van der Waals surface area contributed by atoms with E-state index < -0.39 is 0 Å². The zero-order valence-electron chi connectivity index (χ0n) is 16.1. The fourth-order valence-corrected chi connectivity index (χ4v) is 3.83. The maximum Gasteiger partial charge on any atom is 0.0780 e. The van der Waals surface area contributed by atoms with Crippen LogP contribution in [0.1, 0.15) is 23.6 Å². The van der Waals surface area contributed by atoms with Gasteiger partial charge in [0, 0.05) is 17.1 Å². The van der Waals surface area contributed by atoms with E-state index >= 15 is 0 Å². The summed E-state index contributed by atoms with van der Waals surface area (Å²) in [6.45, 7) is 10.2. The van der Waals surface area contributed by atoms with Crippen LogP contribution in [0.4, 0.5) is 0 Å². The van der Waals surface area contributed by atoms with Crippen LogP contribution in [-0.2, 0) is 0 Å². The van der Waals surface area contributed by atoms with Crippen molar-refractivity contribution in [1.29, 1.82) is 0 Å². The standard InChI is InChI=1S/C26H23N/c1-5-7-18(3)20-14-17(2)15-21(16-20)26-25-11-10-22-19(4)8-6-9-23(22)24(25)12-13-27-26/h5-16H,1H2,2-4H3/b18-7+. The molecule has 0 bridgehead atoms. The zero-order valence-corrected chi connectivity index (χ0v) is 16.1. The predicted octanol–water partition coefficient (Wildman–Crippen LogP) is 7.26. The van der Waals surface area contributed by atoms with E-state index in [1.54, 1.807) is 0 Å². The number of hydrogen-bond donors (Lipinski definition) is 0. The van der Waals surface area contributed by atoms with E-state index in [-0.39, 0.29) is 0 Å². The van der Waals surface area contributed by atoms with Crippen LogP contribution in [0, 0.1) is 13.8 Å². The maximum atomic E-state index is 4.75. The summed E-state index contributed by atoms with van der Waals surface area (Å²) < 4.78 is 0. The molecular formula is C26H23N. The van der Waals surface area contributed by atoms with Gasteiger partial charge in [0.1, 0.15) is 0 Å². The first-order chi connectivity index (χ1) is 13.1. The van der Waals surface area contributed by atoms with Crippen LogP contribution in [0.3, 0.4) is 0 Å². The van der Waals surface area contributed by atoms with Gasteiger partial charge < -0.3 is 0 Å². The highest BCUT2D eigenvalue weighted by molar-refractivity contribution is 6.12. The highest BCUT2D eigenvalue weighted by Crippen LogP contribution is 2.34. The summed E-state index contributed by atoms with van der Waals surface area (Å²) in [6.07, 6.45) is 5.81. The molecule has 4 rings (SSSR count). The lowest BCUT2D eigenvalue weighted by Gasteiger charge is -2.12. The van der Waals surface area contributed by atoms with Crippen LogP contribution in [0.15, 0.2) is 79.5 Å². The number of allylic oxidation sites excluding steroid dienone is 3. The Balaban J connectivity index is 2.00. The van der Waals surface area contributed by atoms with Gasteiger partial charge in [-0.1, -0.05) is 55.1 Å². The first-order valence-corrected chi connectivity index (χ1v) is 9.27. The van der Waals surface area contributed by atoms with Crippen LogP contribution >= 0.6 is 0 Å². The lowest BCUT2D eigenvalue weighted by molar-refractivity contribution is 1.34. The van der Waals surface area contributed by atoms with Crippen LogP contribution < -0.4 is 0 Å². The monoisotopic (exact) mass is 349 g/mol. The molecule has 27 heavy (non-hydrogen) atoms. The molecule has 0 aliphatic rings. The minimum absolute atomic E-state index is 1.03. The van der Waals surface area contributed by atoms with E-state index in [1.165, 1.54) is 43.8 Å². The van der Waals surface area contributed by atoms with Gasteiger partial charge in [0.05, 0.1) is 5.69 Å². The second-order valence-corrected chi connectivity index (χ2v) is 7.16. The number of benzene rings is 3. The molecule has 1 aromatic heterocycles. The first-order valence-electron chi connectivity index (χ1n) is 9.27. The van der Waals surface area contributed by atoms with Crippen LogP contribution in [0.2, 0.25) is 0 Å². The molecule has 132 valence electrons. The molecule has 0 saturated carbocycles. The van der Waals surface area contributed by atoms with E-state index in [1.807, 2.05) is 18.3 Å². The molecule has 0 radical (unpaired) electrons. The molecule has 1 heteroatoms. The van der Waals surface area contributed by atoms with E-state index in [9.17, 15) is 0 Å². The third-order valence-corrected chi connectivity index (χ3v) is 5.20. The lowest BCUT2D eigenvalue weighted by atomic mass is 9.94. The Hall–Kier alpha value is -3.19. The first kappa shape index (κ1) is 17.2. The molecule has 0 aliphatic heterocycles. The van der Waals surface area contributed by atoms with Crippen molar-refractivity contribution in [2.75, 3.05) is 0 Å². The van der Waals surface area contributed by atoms with Crippen molar-refractivity contribution in [3.05, 3.63) is 96.2 Å². The lowest BCUT2D eigenvalue weighted by Crippen LogP contribution is -1.91. The molecule has 0 unspecified atom stereocenters. The summed E-state index contributed by atoms with van der Waals surface area (Å²) in [7, 11) is 0. The number of nitrogens with zero attached hydrogens (tertiary/aromatic N) is 1. The quantitative estimate of drug-likeness (QED) is 0.280. The molecule has 1 nitrogen and oxygen atoms in total. The second kappa shape index (κ2) is 6.85. The third kappa shape index (κ3) is 3.06. The van der Waals surface area contributed by atoms with Crippen molar-refractivity contribution in [1.82, 2.24) is 4.98 Å². The molecule has 1 heterocycles. The topological polar surface area (TPSA) is 12.9 Å². The SMILES string of the molecule is C=C/C=C(\C)c1cc(C)cc(-c2nccc3c2ccc2c(C)cccc23)c1. The van der Waals surface area contributed by atoms with Gasteiger partial charge >= 0.3 is 0 Å². The highest BCUT2D eigenvalue weighted by Gasteiger charge is 2.10. The zero-order chi connectivity index (χ0) is 19.0. The van der Waals surface area contributed by atoms with Gasteiger partial charge in [-0.25, -0.2) is 0 Å². The van der Waals surface area contributed by atoms with Crippen molar-refractivity contribution < 1.29 is 0 Å². The Kier molecular flexibility index (Phi) is 4.37. The Morgan fingerprint density at radius 1 is 0.889 bits per heavy atom. The molecule has 0 amide bonds. The average Bonchev–Trinajstić information content (AvgIpc) is 2.67. The van der Waals surface area contributed by atoms with Crippen molar-refractivity contribution in [3.63, 3.8) is 0 Å². The minimum atomic E-state index is 1.03. The number of pyridine rings is 1. The Morgan fingerprint density at radius 2 is 1.67 bits per heavy atom. The van der Waals surface area contributed by atoms with Gasteiger partial charge in [-0.3, -0.25) is 4.98 Å². The number of rotatable bonds is 3. The van der Waals surface area contributed by atoms with E-state index in [4.69, 9.17) is 4.98 Å². The van der Waals surface area contributed by atoms with Gasteiger partial charge in [-0.2, -0.15) is 0 Å². The number of aromatic nitrogens is 1. The van der Waals surface area contributed by atoms with E-state index in [0.717, 1.165) is 11.3 Å². The average molecular weight is 349 g/mol. The Labute approximate surface area is 160 Å². The van der Waals surface area contributed by atoms with Crippen molar-refractivity contribution in [3.8, 4) is 11.3 Å². The van der Waals surface area contributed by atoms with Crippen molar-refractivity contribution in [2.45, 2.75) is 20.8 Å². The molecule has 0 fully saturated rings. The van der Waals surface area contributed by atoms with Crippen LogP contribution in [0.25, 0.3) is 38.4 Å². The second-order valence-electron chi connectivity index (χ2n) is 7.16. The van der Waals surface area contributed by atoms with Gasteiger partial charge in [0.2, 0.25) is 0 Å². The van der Waals surface area contributed by atoms with E-state index in [2.05, 4.69) is 81.9 Å². The molecule has 0 spiro atoms. The smallest absolute Gasteiger partial charge is 0.0780 e. The summed E-state index contributed by atoms with van der Waals surface area (Å²) in [5.74, 6) is 0. The number of aryl methyl sites for hydroxylation is 2. The fraction of sp³-hybridized carbons (Fsp3) is 0.115. The third-order valence-electron chi connectivity index (χ3n) is 5.20. The van der Waals surface area contributed by atoms with Gasteiger partial charge in [0.15, 0.2) is 0 Å². The highest BCUT2D eigenvalue weighted by atomic mass is 14.7. The Morgan fingerprint density at radius 3 is 2.48 bits per heavy atom. The number of fused-ring (bicyclic) bond motifs is 3. The van der Waals surface area contributed by atoms with Crippen molar-refractivity contribution >= 4 is 27.1 Å². The largest absolute Gasteiger partial charge is 0.256 e. The van der Waals surface area contributed by atoms with Gasteiger partial charge in [-0.05, 0) is 77.4 Å². The number of hydrogen-bond acceptors (Lipinski definition) is 1. The normalized spacial score (nSPS) is 11.9.